The molecule has 0 amide bonds. The van der Waals surface area contributed by atoms with Crippen LogP contribution in [0.2, 0.25) is 0 Å². The highest BCUT2D eigenvalue weighted by atomic mass is 16.7. The molecule has 0 aromatic rings. The minimum atomic E-state index is -0.0408. The van der Waals surface area contributed by atoms with Crippen LogP contribution in [-0.2, 0) is 9.47 Å². The van der Waals surface area contributed by atoms with Crippen LogP contribution in [0.1, 0.15) is 6.42 Å². The molecule has 0 saturated carbocycles. The highest BCUT2D eigenvalue weighted by Crippen LogP contribution is 2.13. The predicted molar refractivity (Wildman–Crippen MR) is 46.8 cm³/mol. The van der Waals surface area contributed by atoms with E-state index in [9.17, 15) is 0 Å². The molecule has 4 nitrogen and oxygen atoms in total. The normalized spacial score (nSPS) is 30.0. The maximum Gasteiger partial charge on any atom is 0.159 e. The van der Waals surface area contributed by atoms with Gasteiger partial charge >= 0.3 is 0 Å². The van der Waals surface area contributed by atoms with E-state index in [2.05, 4.69) is 4.90 Å². The van der Waals surface area contributed by atoms with Crippen LogP contribution in [-0.4, -0.2) is 51.1 Å². The van der Waals surface area contributed by atoms with Gasteiger partial charge in [-0.3, -0.25) is 0 Å². The predicted octanol–water partition coefficient (Wildman–Crippen LogP) is -0.362. The number of ether oxygens (including phenoxy) is 2. The van der Waals surface area contributed by atoms with Crippen LogP contribution in [0.15, 0.2) is 0 Å². The molecule has 2 atom stereocenters. The molecule has 2 N–H and O–H groups in total. The van der Waals surface area contributed by atoms with Crippen molar-refractivity contribution in [2.75, 3.05) is 33.8 Å². The number of nitrogens with zero attached hydrogens (tertiary/aromatic N) is 1. The number of nitrogens with two attached hydrogens (primary N) is 1. The Balaban J connectivity index is 2.11. The van der Waals surface area contributed by atoms with E-state index in [1.807, 2.05) is 14.1 Å². The van der Waals surface area contributed by atoms with Crippen molar-refractivity contribution in [1.29, 1.82) is 0 Å². The molecule has 0 spiro atoms. The average Bonchev–Trinajstić information content (AvgIpc) is 2.48. The van der Waals surface area contributed by atoms with Crippen molar-refractivity contribution in [3.05, 3.63) is 0 Å². The third-order valence-electron chi connectivity index (χ3n) is 1.89. The van der Waals surface area contributed by atoms with Crippen LogP contribution in [0.5, 0.6) is 0 Å². The second-order valence-corrected chi connectivity index (χ2v) is 3.35. The first kappa shape index (κ1) is 9.92. The Morgan fingerprint density at radius 1 is 1.50 bits per heavy atom. The first-order valence-electron chi connectivity index (χ1n) is 4.34. The molecule has 1 saturated heterocycles. The van der Waals surface area contributed by atoms with Gasteiger partial charge in [-0.25, -0.2) is 0 Å². The summed E-state index contributed by atoms with van der Waals surface area (Å²) in [4.78, 5) is 2.11. The summed E-state index contributed by atoms with van der Waals surface area (Å²) in [5.41, 5.74) is 5.44. The quantitative estimate of drug-likeness (QED) is 0.632. The SMILES string of the molecule is CN(C)CCC1OCC(CN)O1. The summed E-state index contributed by atoms with van der Waals surface area (Å²) in [5, 5.41) is 0. The molecule has 2 unspecified atom stereocenters. The number of rotatable bonds is 4. The van der Waals surface area contributed by atoms with Crippen molar-refractivity contribution >= 4 is 0 Å². The van der Waals surface area contributed by atoms with Gasteiger partial charge < -0.3 is 20.1 Å². The van der Waals surface area contributed by atoms with Crippen molar-refractivity contribution in [2.45, 2.75) is 18.8 Å². The van der Waals surface area contributed by atoms with E-state index in [1.165, 1.54) is 0 Å². The topological polar surface area (TPSA) is 47.7 Å². The highest BCUT2D eigenvalue weighted by Gasteiger charge is 2.24. The van der Waals surface area contributed by atoms with Crippen molar-refractivity contribution in [1.82, 2.24) is 4.90 Å². The smallest absolute Gasteiger partial charge is 0.159 e. The van der Waals surface area contributed by atoms with E-state index in [1.54, 1.807) is 0 Å². The first-order valence-corrected chi connectivity index (χ1v) is 4.34. The third kappa shape index (κ3) is 3.06. The van der Waals surface area contributed by atoms with Gasteiger partial charge in [0, 0.05) is 19.5 Å². The van der Waals surface area contributed by atoms with Crippen LogP contribution in [0.4, 0.5) is 0 Å². The van der Waals surface area contributed by atoms with Gasteiger partial charge in [0.1, 0.15) is 0 Å². The van der Waals surface area contributed by atoms with Gasteiger partial charge in [0.25, 0.3) is 0 Å². The van der Waals surface area contributed by atoms with Gasteiger partial charge in [-0.15, -0.1) is 0 Å². The van der Waals surface area contributed by atoms with Crippen LogP contribution >= 0.6 is 0 Å². The molecule has 0 aromatic carbocycles. The second-order valence-electron chi connectivity index (χ2n) is 3.35. The molecule has 1 heterocycles. The van der Waals surface area contributed by atoms with E-state index in [0.717, 1.165) is 13.0 Å². The zero-order chi connectivity index (χ0) is 8.97. The lowest BCUT2D eigenvalue weighted by Crippen LogP contribution is -2.24. The summed E-state index contributed by atoms with van der Waals surface area (Å²) in [6, 6.07) is 0. The van der Waals surface area contributed by atoms with Crippen LogP contribution in [0.3, 0.4) is 0 Å². The molecule has 1 aliphatic rings. The monoisotopic (exact) mass is 174 g/mol. The Bertz CT molecular complexity index is 130. The Labute approximate surface area is 73.6 Å². The zero-order valence-electron chi connectivity index (χ0n) is 7.82. The summed E-state index contributed by atoms with van der Waals surface area (Å²) in [7, 11) is 4.07. The van der Waals surface area contributed by atoms with Gasteiger partial charge in [0.15, 0.2) is 6.29 Å². The highest BCUT2D eigenvalue weighted by molar-refractivity contribution is 4.66. The first-order chi connectivity index (χ1) is 5.72. The molecule has 12 heavy (non-hydrogen) atoms. The summed E-state index contributed by atoms with van der Waals surface area (Å²) < 4.78 is 10.9. The molecule has 72 valence electrons. The molecule has 0 aliphatic carbocycles. The van der Waals surface area contributed by atoms with Crippen molar-refractivity contribution in [3.8, 4) is 0 Å². The fraction of sp³-hybridized carbons (Fsp3) is 1.00. The molecule has 4 heteroatoms. The fourth-order valence-corrected chi connectivity index (χ4v) is 1.15. The molecule has 0 aromatic heterocycles. The van der Waals surface area contributed by atoms with Crippen molar-refractivity contribution in [2.24, 2.45) is 5.73 Å². The number of hydrogen-bond acceptors (Lipinski definition) is 4. The van der Waals surface area contributed by atoms with Crippen LogP contribution in [0, 0.1) is 0 Å². The minimum Gasteiger partial charge on any atom is -0.350 e. The Hall–Kier alpha value is -0.160. The summed E-state index contributed by atoms with van der Waals surface area (Å²) >= 11 is 0. The zero-order valence-corrected chi connectivity index (χ0v) is 7.82. The maximum absolute atomic E-state index is 5.49. The Morgan fingerprint density at radius 3 is 2.75 bits per heavy atom. The van der Waals surface area contributed by atoms with Gasteiger partial charge in [-0.2, -0.15) is 0 Å². The van der Waals surface area contributed by atoms with Crippen molar-refractivity contribution < 1.29 is 9.47 Å². The van der Waals surface area contributed by atoms with E-state index in [0.29, 0.717) is 13.2 Å². The lowest BCUT2D eigenvalue weighted by Gasteiger charge is -2.13. The van der Waals surface area contributed by atoms with E-state index in [-0.39, 0.29) is 12.4 Å². The van der Waals surface area contributed by atoms with Gasteiger partial charge in [-0.05, 0) is 14.1 Å². The molecule has 1 aliphatic heterocycles. The van der Waals surface area contributed by atoms with Gasteiger partial charge in [0.2, 0.25) is 0 Å². The lowest BCUT2D eigenvalue weighted by molar-refractivity contribution is -0.0631. The van der Waals surface area contributed by atoms with Crippen LogP contribution < -0.4 is 5.73 Å². The summed E-state index contributed by atoms with van der Waals surface area (Å²) in [5.74, 6) is 0. The van der Waals surface area contributed by atoms with Gasteiger partial charge in [-0.1, -0.05) is 0 Å². The number of hydrogen-bond donors (Lipinski definition) is 1. The summed E-state index contributed by atoms with van der Waals surface area (Å²) in [6.07, 6.45) is 0.988. The largest absolute Gasteiger partial charge is 0.350 e. The minimum absolute atomic E-state index is 0.0408. The average molecular weight is 174 g/mol. The molecule has 0 radical (unpaired) electrons. The van der Waals surface area contributed by atoms with E-state index >= 15 is 0 Å². The second kappa shape index (κ2) is 4.77. The molecule has 1 fully saturated rings. The lowest BCUT2D eigenvalue weighted by atomic mass is 10.4. The van der Waals surface area contributed by atoms with Crippen LogP contribution in [0.25, 0.3) is 0 Å². The standard InChI is InChI=1S/C8H18N2O2/c1-10(2)4-3-8-11-6-7(5-9)12-8/h7-8H,3-6,9H2,1-2H3. The molecular formula is C8H18N2O2. The fourth-order valence-electron chi connectivity index (χ4n) is 1.15. The maximum atomic E-state index is 5.49. The molecule has 1 rings (SSSR count). The van der Waals surface area contributed by atoms with Crippen molar-refractivity contribution in [3.63, 3.8) is 0 Å². The molecule has 0 bridgehead atoms. The van der Waals surface area contributed by atoms with Gasteiger partial charge in [0.05, 0.1) is 12.7 Å². The van der Waals surface area contributed by atoms with E-state index < -0.39 is 0 Å². The molecular weight excluding hydrogens is 156 g/mol. The van der Waals surface area contributed by atoms with E-state index in [4.69, 9.17) is 15.2 Å². The Kier molecular flexibility index (Phi) is 3.94. The summed E-state index contributed by atoms with van der Waals surface area (Å²) in [6.45, 7) is 2.19. The third-order valence-corrected chi connectivity index (χ3v) is 1.89. The Morgan fingerprint density at radius 2 is 2.25 bits per heavy atom.